The number of anilines is 1. The van der Waals surface area contributed by atoms with Crippen LogP contribution in [0.3, 0.4) is 0 Å². The molecule has 0 aliphatic heterocycles. The van der Waals surface area contributed by atoms with Crippen molar-refractivity contribution in [1.82, 2.24) is 4.90 Å². The van der Waals surface area contributed by atoms with Gasteiger partial charge in [0.1, 0.15) is 0 Å². The van der Waals surface area contributed by atoms with Gasteiger partial charge in [-0.1, -0.05) is 11.6 Å². The molecule has 0 saturated heterocycles. The Bertz CT molecular complexity index is 398. The molecule has 0 heterocycles. The monoisotopic (exact) mass is 282 g/mol. The average molecular weight is 283 g/mol. The zero-order chi connectivity index (χ0) is 13.8. The molecule has 0 radical (unpaired) electrons. The maximum Gasteiger partial charge on any atom is 0.401 e. The first-order chi connectivity index (χ1) is 8.31. The Labute approximate surface area is 108 Å². The maximum absolute atomic E-state index is 12.3. The van der Waals surface area contributed by atoms with Crippen LogP contribution >= 0.6 is 11.6 Å². The van der Waals surface area contributed by atoms with Crippen molar-refractivity contribution in [3.05, 3.63) is 28.8 Å². The van der Waals surface area contributed by atoms with Gasteiger partial charge in [0.05, 0.1) is 13.2 Å². The van der Waals surface area contributed by atoms with Gasteiger partial charge in [-0.3, -0.25) is 4.90 Å². The van der Waals surface area contributed by atoms with Crippen molar-refractivity contribution < 1.29 is 18.3 Å². The van der Waals surface area contributed by atoms with E-state index in [4.69, 9.17) is 22.4 Å². The molecule has 1 aromatic rings. The topological polar surface area (TPSA) is 49.5 Å². The van der Waals surface area contributed by atoms with E-state index in [9.17, 15) is 13.2 Å². The second-order valence-electron chi connectivity index (χ2n) is 3.90. The summed E-state index contributed by atoms with van der Waals surface area (Å²) in [5, 5.41) is 9.12. The summed E-state index contributed by atoms with van der Waals surface area (Å²) in [6.07, 6.45) is -4.32. The number of nitrogen functional groups attached to an aromatic ring is 1. The van der Waals surface area contributed by atoms with Crippen molar-refractivity contribution in [2.75, 3.05) is 25.4 Å². The molecule has 0 spiro atoms. The van der Waals surface area contributed by atoms with E-state index in [2.05, 4.69) is 0 Å². The summed E-state index contributed by atoms with van der Waals surface area (Å²) in [6, 6.07) is 4.64. The third-order valence-corrected chi connectivity index (χ3v) is 2.65. The third-order valence-electron chi connectivity index (χ3n) is 2.28. The minimum absolute atomic E-state index is 0.00998. The molecule has 7 heteroatoms. The summed E-state index contributed by atoms with van der Waals surface area (Å²) in [6.45, 7) is -1.54. The first-order valence-corrected chi connectivity index (χ1v) is 5.63. The smallest absolute Gasteiger partial charge is 0.399 e. The van der Waals surface area contributed by atoms with Crippen LogP contribution in [0.4, 0.5) is 18.9 Å². The van der Waals surface area contributed by atoms with E-state index in [0.29, 0.717) is 16.3 Å². The number of alkyl halides is 3. The highest BCUT2D eigenvalue weighted by Crippen LogP contribution is 2.23. The van der Waals surface area contributed by atoms with Gasteiger partial charge in [0, 0.05) is 23.8 Å². The summed E-state index contributed by atoms with van der Waals surface area (Å²) >= 11 is 5.89. The summed E-state index contributed by atoms with van der Waals surface area (Å²) in [5.74, 6) is 0. The van der Waals surface area contributed by atoms with E-state index in [1.54, 1.807) is 6.07 Å². The van der Waals surface area contributed by atoms with Gasteiger partial charge in [0.15, 0.2) is 0 Å². The number of hydrogen-bond acceptors (Lipinski definition) is 3. The molecule has 0 aliphatic carbocycles. The fraction of sp³-hybridized carbons (Fsp3) is 0.455. The number of halogens is 4. The second kappa shape index (κ2) is 6.26. The highest BCUT2D eigenvalue weighted by atomic mass is 35.5. The molecule has 1 aromatic carbocycles. The fourth-order valence-electron chi connectivity index (χ4n) is 1.57. The van der Waals surface area contributed by atoms with Gasteiger partial charge in [-0.05, 0) is 23.8 Å². The zero-order valence-corrected chi connectivity index (χ0v) is 10.3. The average Bonchev–Trinajstić information content (AvgIpc) is 2.21. The van der Waals surface area contributed by atoms with Gasteiger partial charge >= 0.3 is 6.18 Å². The van der Waals surface area contributed by atoms with Gasteiger partial charge in [0.2, 0.25) is 0 Å². The van der Waals surface area contributed by atoms with Crippen molar-refractivity contribution in [3.8, 4) is 0 Å². The molecule has 0 amide bonds. The van der Waals surface area contributed by atoms with Crippen molar-refractivity contribution in [3.63, 3.8) is 0 Å². The Hall–Kier alpha value is -0.980. The number of aliphatic hydroxyl groups is 1. The highest BCUT2D eigenvalue weighted by Gasteiger charge is 2.30. The van der Waals surface area contributed by atoms with Gasteiger partial charge < -0.3 is 10.8 Å². The van der Waals surface area contributed by atoms with Crippen molar-refractivity contribution in [2.45, 2.75) is 12.7 Å². The minimum Gasteiger partial charge on any atom is -0.399 e. The van der Waals surface area contributed by atoms with E-state index in [1.165, 1.54) is 12.1 Å². The standard InChI is InChI=1S/C11H14ClF3N2O/c12-10-2-1-9(16)5-8(10)6-17(3-4-18)7-11(13,14)15/h1-2,5,18H,3-4,6-7,16H2. The highest BCUT2D eigenvalue weighted by molar-refractivity contribution is 6.31. The molecule has 0 atom stereocenters. The lowest BCUT2D eigenvalue weighted by Crippen LogP contribution is -2.35. The van der Waals surface area contributed by atoms with Crippen LogP contribution in [0.2, 0.25) is 5.02 Å². The molecule has 0 bridgehead atoms. The van der Waals surface area contributed by atoms with Crippen LogP contribution < -0.4 is 5.73 Å². The van der Waals surface area contributed by atoms with E-state index >= 15 is 0 Å². The summed E-state index contributed by atoms with van der Waals surface area (Å²) in [7, 11) is 0. The molecule has 0 saturated carbocycles. The van der Waals surface area contributed by atoms with Crippen LogP contribution in [0.5, 0.6) is 0 Å². The summed E-state index contributed by atoms with van der Waals surface area (Å²) in [5.41, 5.74) is 6.50. The first-order valence-electron chi connectivity index (χ1n) is 5.25. The SMILES string of the molecule is Nc1ccc(Cl)c(CN(CCO)CC(F)(F)F)c1. The lowest BCUT2D eigenvalue weighted by molar-refractivity contribution is -0.147. The number of nitrogens with two attached hydrogens (primary N) is 1. The number of nitrogens with zero attached hydrogens (tertiary/aromatic N) is 1. The summed E-state index contributed by atoms with van der Waals surface area (Å²) < 4.78 is 37.0. The molecular formula is C11H14ClF3N2O. The quantitative estimate of drug-likeness (QED) is 0.815. The molecule has 18 heavy (non-hydrogen) atoms. The molecule has 0 fully saturated rings. The fourth-order valence-corrected chi connectivity index (χ4v) is 1.74. The number of rotatable bonds is 5. The lowest BCUT2D eigenvalue weighted by atomic mass is 10.2. The largest absolute Gasteiger partial charge is 0.401 e. The Morgan fingerprint density at radius 2 is 2.00 bits per heavy atom. The van der Waals surface area contributed by atoms with Crippen LogP contribution in [-0.2, 0) is 6.54 Å². The molecule has 1 rings (SSSR count). The Morgan fingerprint density at radius 1 is 1.33 bits per heavy atom. The van der Waals surface area contributed by atoms with Gasteiger partial charge in [0.25, 0.3) is 0 Å². The molecule has 0 aromatic heterocycles. The van der Waals surface area contributed by atoms with Crippen molar-refractivity contribution in [1.29, 1.82) is 0 Å². The molecule has 0 aliphatic rings. The lowest BCUT2D eigenvalue weighted by Gasteiger charge is -2.23. The second-order valence-corrected chi connectivity index (χ2v) is 4.31. The van der Waals surface area contributed by atoms with Crippen LogP contribution in [0, 0.1) is 0 Å². The first kappa shape index (κ1) is 15.1. The molecular weight excluding hydrogens is 269 g/mol. The van der Waals surface area contributed by atoms with Crippen LogP contribution in [-0.4, -0.2) is 35.9 Å². The van der Waals surface area contributed by atoms with Crippen molar-refractivity contribution in [2.24, 2.45) is 0 Å². The predicted molar refractivity (Wildman–Crippen MR) is 64.3 cm³/mol. The number of aliphatic hydroxyl groups excluding tert-OH is 1. The normalized spacial score (nSPS) is 12.1. The molecule has 0 unspecified atom stereocenters. The van der Waals surface area contributed by atoms with Gasteiger partial charge in [-0.2, -0.15) is 13.2 Å². The van der Waals surface area contributed by atoms with E-state index in [0.717, 1.165) is 4.90 Å². The van der Waals surface area contributed by atoms with E-state index in [1.807, 2.05) is 0 Å². The molecule has 102 valence electrons. The van der Waals surface area contributed by atoms with E-state index < -0.39 is 12.7 Å². The number of benzene rings is 1. The number of hydrogen-bond donors (Lipinski definition) is 2. The molecule has 3 N–H and O–H groups in total. The third kappa shape index (κ3) is 5.12. The minimum atomic E-state index is -4.32. The maximum atomic E-state index is 12.3. The van der Waals surface area contributed by atoms with Crippen LogP contribution in [0.1, 0.15) is 5.56 Å². The van der Waals surface area contributed by atoms with E-state index in [-0.39, 0.29) is 19.7 Å². The predicted octanol–water partition coefficient (Wildman–Crippen LogP) is 2.28. The Balaban J connectivity index is 2.79. The Morgan fingerprint density at radius 3 is 2.56 bits per heavy atom. The van der Waals surface area contributed by atoms with Crippen molar-refractivity contribution >= 4 is 17.3 Å². The van der Waals surface area contributed by atoms with Gasteiger partial charge in [-0.25, -0.2) is 0 Å². The Kier molecular flexibility index (Phi) is 5.25. The van der Waals surface area contributed by atoms with Crippen LogP contribution in [0.25, 0.3) is 0 Å². The van der Waals surface area contributed by atoms with Crippen LogP contribution in [0.15, 0.2) is 18.2 Å². The molecule has 3 nitrogen and oxygen atoms in total. The van der Waals surface area contributed by atoms with Gasteiger partial charge in [-0.15, -0.1) is 0 Å². The summed E-state index contributed by atoms with van der Waals surface area (Å²) in [4.78, 5) is 1.07. The zero-order valence-electron chi connectivity index (χ0n) is 9.54.